The zero-order valence-electron chi connectivity index (χ0n) is 13.6. The molecule has 0 aliphatic carbocycles. The van der Waals surface area contributed by atoms with E-state index < -0.39 is 10.0 Å². The molecular weight excluding hydrogens is 314 g/mol. The summed E-state index contributed by atoms with van der Waals surface area (Å²) in [7, 11) is -3.26. The summed E-state index contributed by atoms with van der Waals surface area (Å²) < 4.78 is 27.3. The Morgan fingerprint density at radius 1 is 1.35 bits per heavy atom. The van der Waals surface area contributed by atoms with Gasteiger partial charge in [0.1, 0.15) is 5.82 Å². The lowest BCUT2D eigenvalue weighted by Crippen LogP contribution is -2.30. The molecular formula is C15H21N5O2S. The summed E-state index contributed by atoms with van der Waals surface area (Å²) in [6.07, 6.45) is 4.57. The number of rotatable bonds is 4. The monoisotopic (exact) mass is 335 g/mol. The van der Waals surface area contributed by atoms with E-state index in [-0.39, 0.29) is 6.04 Å². The van der Waals surface area contributed by atoms with Crippen molar-refractivity contribution in [1.29, 1.82) is 0 Å². The largest absolute Gasteiger partial charge is 0.264 e. The Balaban J connectivity index is 2.05. The van der Waals surface area contributed by atoms with Crippen molar-refractivity contribution in [2.24, 2.45) is 0 Å². The Hall–Kier alpha value is -1.80. The van der Waals surface area contributed by atoms with Crippen LogP contribution in [0.1, 0.15) is 37.3 Å². The molecule has 0 saturated carbocycles. The van der Waals surface area contributed by atoms with E-state index in [9.17, 15) is 8.42 Å². The molecule has 0 amide bonds. The molecule has 3 rings (SSSR count). The lowest BCUT2D eigenvalue weighted by Gasteiger charge is -2.21. The van der Waals surface area contributed by atoms with E-state index in [1.165, 1.54) is 10.6 Å². The van der Waals surface area contributed by atoms with E-state index in [1.54, 1.807) is 6.20 Å². The SMILES string of the molecule is CCn1nccc1-c1cc(C)nc([C@H]2CCCN2S(C)(=O)=O)n1. The first-order valence-corrected chi connectivity index (χ1v) is 9.59. The minimum atomic E-state index is -3.26. The predicted molar refractivity (Wildman–Crippen MR) is 87.2 cm³/mol. The van der Waals surface area contributed by atoms with Crippen LogP contribution in [-0.2, 0) is 16.6 Å². The molecule has 0 spiro atoms. The van der Waals surface area contributed by atoms with Crippen molar-refractivity contribution in [1.82, 2.24) is 24.1 Å². The van der Waals surface area contributed by atoms with Crippen LogP contribution < -0.4 is 0 Å². The van der Waals surface area contributed by atoms with Gasteiger partial charge in [-0.05, 0) is 38.8 Å². The highest BCUT2D eigenvalue weighted by Gasteiger charge is 2.34. The van der Waals surface area contributed by atoms with Gasteiger partial charge in [0.15, 0.2) is 0 Å². The lowest BCUT2D eigenvalue weighted by atomic mass is 10.2. The van der Waals surface area contributed by atoms with E-state index in [2.05, 4.69) is 15.1 Å². The average molecular weight is 335 g/mol. The second-order valence-electron chi connectivity index (χ2n) is 5.82. The van der Waals surface area contributed by atoms with Crippen LogP contribution in [0, 0.1) is 6.92 Å². The quantitative estimate of drug-likeness (QED) is 0.850. The first-order chi connectivity index (χ1) is 10.9. The van der Waals surface area contributed by atoms with Crippen molar-refractivity contribution >= 4 is 10.0 Å². The standard InChI is InChI=1S/C15H21N5O2S/c1-4-19-13(7-8-16-19)12-10-11(2)17-15(18-12)14-6-5-9-20(14)23(3,21)22/h7-8,10,14H,4-6,9H2,1-3H3/t14-/m1/s1. The van der Waals surface area contributed by atoms with Crippen molar-refractivity contribution in [3.05, 3.63) is 29.8 Å². The van der Waals surface area contributed by atoms with Crippen molar-refractivity contribution in [3.8, 4) is 11.4 Å². The van der Waals surface area contributed by atoms with Crippen molar-refractivity contribution in [2.75, 3.05) is 12.8 Å². The summed E-state index contributed by atoms with van der Waals surface area (Å²) in [4.78, 5) is 9.15. The lowest BCUT2D eigenvalue weighted by molar-refractivity contribution is 0.386. The minimum absolute atomic E-state index is 0.276. The van der Waals surface area contributed by atoms with Crippen LogP contribution in [0.4, 0.5) is 0 Å². The minimum Gasteiger partial charge on any atom is -0.264 e. The van der Waals surface area contributed by atoms with Gasteiger partial charge < -0.3 is 0 Å². The number of hydrogen-bond donors (Lipinski definition) is 0. The van der Waals surface area contributed by atoms with Gasteiger partial charge >= 0.3 is 0 Å². The zero-order valence-corrected chi connectivity index (χ0v) is 14.4. The van der Waals surface area contributed by atoms with Gasteiger partial charge in [-0.25, -0.2) is 18.4 Å². The maximum absolute atomic E-state index is 12.0. The molecule has 0 aromatic carbocycles. The molecule has 2 aromatic heterocycles. The van der Waals surface area contributed by atoms with Gasteiger partial charge in [-0.15, -0.1) is 0 Å². The molecule has 2 aromatic rings. The smallest absolute Gasteiger partial charge is 0.211 e. The molecule has 1 fully saturated rings. The summed E-state index contributed by atoms with van der Waals surface area (Å²) in [5, 5.41) is 4.27. The molecule has 1 aliphatic rings. The molecule has 0 N–H and O–H groups in total. The maximum atomic E-state index is 12.0. The number of nitrogens with zero attached hydrogens (tertiary/aromatic N) is 5. The van der Waals surface area contributed by atoms with Crippen molar-refractivity contribution in [2.45, 2.75) is 39.3 Å². The summed E-state index contributed by atoms with van der Waals surface area (Å²) in [5.74, 6) is 0.576. The van der Waals surface area contributed by atoms with E-state index >= 15 is 0 Å². The Labute approximate surface area is 136 Å². The fourth-order valence-electron chi connectivity index (χ4n) is 3.07. The van der Waals surface area contributed by atoms with Crippen LogP contribution >= 0.6 is 0 Å². The second-order valence-corrected chi connectivity index (χ2v) is 7.75. The number of aryl methyl sites for hydroxylation is 2. The molecule has 3 heterocycles. The summed E-state index contributed by atoms with van der Waals surface area (Å²) in [6, 6.07) is 3.55. The molecule has 23 heavy (non-hydrogen) atoms. The van der Waals surface area contributed by atoms with Crippen LogP contribution in [0.2, 0.25) is 0 Å². The highest BCUT2D eigenvalue weighted by Crippen LogP contribution is 2.33. The normalized spacial score (nSPS) is 19.3. The van der Waals surface area contributed by atoms with E-state index in [1.807, 2.05) is 30.7 Å². The predicted octanol–water partition coefficient (Wildman–Crippen LogP) is 1.76. The second kappa shape index (κ2) is 6.01. The fraction of sp³-hybridized carbons (Fsp3) is 0.533. The number of sulfonamides is 1. The third-order valence-corrected chi connectivity index (χ3v) is 5.37. The molecule has 1 saturated heterocycles. The van der Waals surface area contributed by atoms with Crippen LogP contribution in [0.3, 0.4) is 0 Å². The maximum Gasteiger partial charge on any atom is 0.211 e. The third-order valence-electron chi connectivity index (χ3n) is 4.08. The molecule has 0 unspecified atom stereocenters. The molecule has 8 heteroatoms. The van der Waals surface area contributed by atoms with Crippen LogP contribution in [-0.4, -0.2) is 45.3 Å². The summed E-state index contributed by atoms with van der Waals surface area (Å²) in [5.41, 5.74) is 2.53. The average Bonchev–Trinajstić information content (AvgIpc) is 3.15. The van der Waals surface area contributed by atoms with Gasteiger partial charge in [0.05, 0.1) is 23.7 Å². The molecule has 0 bridgehead atoms. The molecule has 1 atom stereocenters. The fourth-order valence-corrected chi connectivity index (χ4v) is 4.19. The number of aromatic nitrogens is 4. The van der Waals surface area contributed by atoms with Crippen LogP contribution in [0.25, 0.3) is 11.4 Å². The van der Waals surface area contributed by atoms with Gasteiger partial charge in [-0.3, -0.25) is 4.68 Å². The van der Waals surface area contributed by atoms with E-state index in [0.29, 0.717) is 12.4 Å². The third kappa shape index (κ3) is 3.13. The molecule has 7 nitrogen and oxygen atoms in total. The first kappa shape index (κ1) is 16.1. The van der Waals surface area contributed by atoms with Crippen molar-refractivity contribution < 1.29 is 8.42 Å². The van der Waals surface area contributed by atoms with Gasteiger partial charge in [0, 0.05) is 25.0 Å². The summed E-state index contributed by atoms with van der Waals surface area (Å²) >= 11 is 0. The van der Waals surface area contributed by atoms with E-state index in [0.717, 1.165) is 36.5 Å². The topological polar surface area (TPSA) is 81.0 Å². The highest BCUT2D eigenvalue weighted by molar-refractivity contribution is 7.88. The Morgan fingerprint density at radius 2 is 2.13 bits per heavy atom. The Bertz CT molecular complexity index is 815. The van der Waals surface area contributed by atoms with Crippen molar-refractivity contribution in [3.63, 3.8) is 0 Å². The van der Waals surface area contributed by atoms with Crippen LogP contribution in [0.15, 0.2) is 18.3 Å². The first-order valence-electron chi connectivity index (χ1n) is 7.74. The summed E-state index contributed by atoms with van der Waals surface area (Å²) in [6.45, 7) is 5.21. The van der Waals surface area contributed by atoms with Gasteiger partial charge in [0.2, 0.25) is 10.0 Å². The van der Waals surface area contributed by atoms with Crippen LogP contribution in [0.5, 0.6) is 0 Å². The molecule has 1 aliphatic heterocycles. The molecule has 0 radical (unpaired) electrons. The number of hydrogen-bond acceptors (Lipinski definition) is 5. The highest BCUT2D eigenvalue weighted by atomic mass is 32.2. The van der Waals surface area contributed by atoms with Gasteiger partial charge in [0.25, 0.3) is 0 Å². The van der Waals surface area contributed by atoms with Gasteiger partial charge in [-0.2, -0.15) is 9.40 Å². The van der Waals surface area contributed by atoms with Gasteiger partial charge in [-0.1, -0.05) is 0 Å². The molecule has 124 valence electrons. The zero-order chi connectivity index (χ0) is 16.6. The Morgan fingerprint density at radius 3 is 2.83 bits per heavy atom. The van der Waals surface area contributed by atoms with E-state index in [4.69, 9.17) is 0 Å². The Kier molecular flexibility index (Phi) is 4.20.